The Bertz CT molecular complexity index is 734. The van der Waals surface area contributed by atoms with Crippen LogP contribution in [0.5, 0.6) is 11.5 Å². The maximum atomic E-state index is 10.0. The van der Waals surface area contributed by atoms with E-state index in [2.05, 4.69) is 26.0 Å². The van der Waals surface area contributed by atoms with E-state index in [1.807, 2.05) is 54.6 Å². The van der Waals surface area contributed by atoms with E-state index in [9.17, 15) is 4.79 Å². The van der Waals surface area contributed by atoms with Gasteiger partial charge in [0.1, 0.15) is 17.8 Å². The topological polar surface area (TPSA) is 26.3 Å². The molecule has 3 aromatic rings. The van der Waals surface area contributed by atoms with Gasteiger partial charge in [0, 0.05) is 5.56 Å². The van der Waals surface area contributed by atoms with Crippen LogP contribution < -0.4 is 4.74 Å². The van der Waals surface area contributed by atoms with Gasteiger partial charge in [-0.05, 0) is 37.6 Å². The van der Waals surface area contributed by atoms with Crippen molar-refractivity contribution < 1.29 is 9.53 Å². The first-order valence-electron chi connectivity index (χ1n) is 7.49. The maximum Gasteiger partial charge on any atom is 0.150 e. The standard InChI is InChI=1S/C14H14O.C7H6O/c1-11-8-9-14(12(2)10-11)15-13-6-4-3-5-7-13;8-6-7-4-2-1-3-5-7/h3-10H,1-2H3;1-6H. The van der Waals surface area contributed by atoms with Crippen molar-refractivity contribution in [3.63, 3.8) is 0 Å². The third kappa shape index (κ3) is 5.44. The first kappa shape index (κ1) is 16.5. The molecule has 2 nitrogen and oxygen atoms in total. The van der Waals surface area contributed by atoms with E-state index < -0.39 is 0 Å². The lowest BCUT2D eigenvalue weighted by molar-refractivity contribution is 0.112. The molecule has 0 N–H and O–H groups in total. The first-order valence-corrected chi connectivity index (χ1v) is 7.49. The molecule has 0 aliphatic rings. The van der Waals surface area contributed by atoms with Crippen molar-refractivity contribution >= 4 is 6.29 Å². The van der Waals surface area contributed by atoms with Gasteiger partial charge in [-0.3, -0.25) is 4.79 Å². The van der Waals surface area contributed by atoms with Crippen LogP contribution in [0.15, 0.2) is 78.9 Å². The zero-order valence-electron chi connectivity index (χ0n) is 13.4. The van der Waals surface area contributed by atoms with Gasteiger partial charge in [0.05, 0.1) is 0 Å². The van der Waals surface area contributed by atoms with E-state index in [4.69, 9.17) is 4.74 Å². The average Bonchev–Trinajstić information content (AvgIpc) is 2.60. The molecule has 0 bridgehead atoms. The van der Waals surface area contributed by atoms with Crippen LogP contribution in [0.1, 0.15) is 21.5 Å². The van der Waals surface area contributed by atoms with E-state index in [1.54, 1.807) is 12.1 Å². The molecule has 0 aromatic heterocycles. The molecule has 0 fully saturated rings. The Hall–Kier alpha value is -2.87. The van der Waals surface area contributed by atoms with Gasteiger partial charge in [0.15, 0.2) is 0 Å². The van der Waals surface area contributed by atoms with Crippen LogP contribution in [0.2, 0.25) is 0 Å². The fourth-order valence-electron chi connectivity index (χ4n) is 2.06. The number of carbonyl (C=O) groups is 1. The van der Waals surface area contributed by atoms with Crippen molar-refractivity contribution in [2.45, 2.75) is 13.8 Å². The van der Waals surface area contributed by atoms with Crippen LogP contribution in [0.25, 0.3) is 0 Å². The quantitative estimate of drug-likeness (QED) is 0.589. The molecular formula is C21H20O2. The number of hydrogen-bond donors (Lipinski definition) is 0. The second-order valence-electron chi connectivity index (χ2n) is 5.21. The summed E-state index contributed by atoms with van der Waals surface area (Å²) in [6.45, 7) is 4.14. The monoisotopic (exact) mass is 304 g/mol. The molecule has 116 valence electrons. The van der Waals surface area contributed by atoms with Gasteiger partial charge in [0.2, 0.25) is 0 Å². The van der Waals surface area contributed by atoms with Crippen molar-refractivity contribution in [3.8, 4) is 11.5 Å². The molecule has 0 aliphatic heterocycles. The molecule has 0 radical (unpaired) electrons. The van der Waals surface area contributed by atoms with Crippen LogP contribution in [0.3, 0.4) is 0 Å². The van der Waals surface area contributed by atoms with Crippen molar-refractivity contribution in [1.82, 2.24) is 0 Å². The number of rotatable bonds is 3. The van der Waals surface area contributed by atoms with E-state index in [1.165, 1.54) is 11.1 Å². The van der Waals surface area contributed by atoms with E-state index >= 15 is 0 Å². The second-order valence-corrected chi connectivity index (χ2v) is 5.21. The summed E-state index contributed by atoms with van der Waals surface area (Å²) in [6.07, 6.45) is 0.833. The number of ether oxygens (including phenoxy) is 1. The number of hydrogen-bond acceptors (Lipinski definition) is 2. The summed E-state index contributed by atoms with van der Waals surface area (Å²) in [5.74, 6) is 1.80. The van der Waals surface area contributed by atoms with Gasteiger partial charge in [-0.2, -0.15) is 0 Å². The molecule has 2 heteroatoms. The Kier molecular flexibility index (Phi) is 6.13. The summed E-state index contributed by atoms with van der Waals surface area (Å²) in [5.41, 5.74) is 3.15. The van der Waals surface area contributed by atoms with Gasteiger partial charge < -0.3 is 4.74 Å². The highest BCUT2D eigenvalue weighted by Gasteiger charge is 2.00. The molecule has 0 unspecified atom stereocenters. The largest absolute Gasteiger partial charge is 0.457 e. The van der Waals surface area contributed by atoms with Crippen molar-refractivity contribution in [2.24, 2.45) is 0 Å². The molecule has 0 heterocycles. The highest BCUT2D eigenvalue weighted by Crippen LogP contribution is 2.25. The van der Waals surface area contributed by atoms with Crippen LogP contribution in [-0.4, -0.2) is 6.29 Å². The number of carbonyl (C=O) groups excluding carboxylic acids is 1. The summed E-state index contributed by atoms with van der Waals surface area (Å²) in [4.78, 5) is 10.0. The fourth-order valence-corrected chi connectivity index (χ4v) is 2.06. The van der Waals surface area contributed by atoms with Gasteiger partial charge in [0.25, 0.3) is 0 Å². The Morgan fingerprint density at radius 1 is 0.783 bits per heavy atom. The van der Waals surface area contributed by atoms with E-state index in [-0.39, 0.29) is 0 Å². The third-order valence-electron chi connectivity index (χ3n) is 3.24. The molecule has 0 spiro atoms. The van der Waals surface area contributed by atoms with Gasteiger partial charge in [-0.1, -0.05) is 66.2 Å². The predicted octanol–water partition coefficient (Wildman–Crippen LogP) is 5.59. The minimum atomic E-state index is 0.729. The molecule has 0 atom stereocenters. The van der Waals surface area contributed by atoms with E-state index in [0.717, 1.165) is 23.3 Å². The molecular weight excluding hydrogens is 284 g/mol. The Balaban J connectivity index is 0.000000203. The number of benzene rings is 3. The highest BCUT2D eigenvalue weighted by molar-refractivity contribution is 5.74. The molecule has 0 saturated heterocycles. The van der Waals surface area contributed by atoms with E-state index in [0.29, 0.717) is 0 Å². The summed E-state index contributed by atoms with van der Waals surface area (Å²) in [5, 5.41) is 0. The Morgan fingerprint density at radius 2 is 1.39 bits per heavy atom. The van der Waals surface area contributed by atoms with Crippen molar-refractivity contribution in [1.29, 1.82) is 0 Å². The Morgan fingerprint density at radius 3 is 1.91 bits per heavy atom. The zero-order chi connectivity index (χ0) is 16.5. The summed E-state index contributed by atoms with van der Waals surface area (Å²) >= 11 is 0. The lowest BCUT2D eigenvalue weighted by Gasteiger charge is -2.08. The summed E-state index contributed by atoms with van der Waals surface area (Å²) < 4.78 is 5.76. The highest BCUT2D eigenvalue weighted by atomic mass is 16.5. The number of aldehydes is 1. The van der Waals surface area contributed by atoms with Gasteiger partial charge in [-0.15, -0.1) is 0 Å². The average molecular weight is 304 g/mol. The van der Waals surface area contributed by atoms with Crippen molar-refractivity contribution in [2.75, 3.05) is 0 Å². The van der Waals surface area contributed by atoms with Gasteiger partial charge in [-0.25, -0.2) is 0 Å². The smallest absolute Gasteiger partial charge is 0.150 e. The molecule has 0 aliphatic carbocycles. The zero-order valence-corrected chi connectivity index (χ0v) is 13.4. The minimum absolute atomic E-state index is 0.729. The molecule has 23 heavy (non-hydrogen) atoms. The molecule has 0 saturated carbocycles. The third-order valence-corrected chi connectivity index (χ3v) is 3.24. The lowest BCUT2D eigenvalue weighted by Crippen LogP contribution is -1.87. The number of para-hydroxylation sites is 1. The fraction of sp³-hybridized carbons (Fsp3) is 0.0952. The SMILES string of the molecule is Cc1ccc(Oc2ccccc2)c(C)c1.O=Cc1ccccc1. The van der Waals surface area contributed by atoms with Crippen LogP contribution >= 0.6 is 0 Å². The first-order chi connectivity index (χ1) is 11.2. The van der Waals surface area contributed by atoms with Crippen LogP contribution in [-0.2, 0) is 0 Å². The molecule has 0 amide bonds. The van der Waals surface area contributed by atoms with Crippen LogP contribution in [0, 0.1) is 13.8 Å². The van der Waals surface area contributed by atoms with Gasteiger partial charge >= 0.3 is 0 Å². The lowest BCUT2D eigenvalue weighted by atomic mass is 10.1. The predicted molar refractivity (Wildman–Crippen MR) is 94.3 cm³/mol. The summed E-state index contributed by atoms with van der Waals surface area (Å²) in [6, 6.07) is 25.1. The van der Waals surface area contributed by atoms with Crippen molar-refractivity contribution in [3.05, 3.63) is 95.6 Å². The van der Waals surface area contributed by atoms with Crippen LogP contribution in [0.4, 0.5) is 0 Å². The Labute approximate surface area is 137 Å². The second kappa shape index (κ2) is 8.54. The molecule has 3 rings (SSSR count). The summed E-state index contributed by atoms with van der Waals surface area (Å²) in [7, 11) is 0. The normalized spacial score (nSPS) is 9.48. The maximum absolute atomic E-state index is 10.0. The molecule has 3 aromatic carbocycles. The number of aryl methyl sites for hydroxylation is 2. The minimum Gasteiger partial charge on any atom is -0.457 e.